The van der Waals surface area contributed by atoms with Crippen molar-refractivity contribution in [1.82, 2.24) is 19.8 Å². The number of aromatic carboxylic acids is 1. The molecule has 122 valence electrons. The summed E-state index contributed by atoms with van der Waals surface area (Å²) >= 11 is 0. The maximum atomic E-state index is 10.7. The van der Waals surface area contributed by atoms with Crippen LogP contribution in [-0.2, 0) is 0 Å². The normalized spacial score (nSPS) is 11.7. The highest BCUT2D eigenvalue weighted by molar-refractivity contribution is 5.98. The number of carbonyl (C=O) groups excluding carboxylic acids is 1. The van der Waals surface area contributed by atoms with Crippen molar-refractivity contribution in [2.75, 3.05) is 5.43 Å². The lowest BCUT2D eigenvalue weighted by molar-refractivity contribution is -0.255. The van der Waals surface area contributed by atoms with E-state index in [-0.39, 0.29) is 5.56 Å². The van der Waals surface area contributed by atoms with Crippen LogP contribution in [-0.4, -0.2) is 31.5 Å². The van der Waals surface area contributed by atoms with E-state index in [2.05, 4.69) is 25.8 Å². The van der Waals surface area contributed by atoms with Gasteiger partial charge in [0, 0.05) is 6.07 Å². The molecule has 8 heteroatoms. The fourth-order valence-corrected chi connectivity index (χ4v) is 2.29. The second-order valence-electron chi connectivity index (χ2n) is 5.36. The Hall–Kier alpha value is -3.29. The van der Waals surface area contributed by atoms with Crippen molar-refractivity contribution >= 4 is 23.0 Å². The molecule has 0 radical (unpaired) electrons. The molecule has 0 spiro atoms. The number of anilines is 1. The minimum absolute atomic E-state index is 0.113. The molecule has 3 aromatic rings. The predicted molar refractivity (Wildman–Crippen MR) is 86.9 cm³/mol. The highest BCUT2D eigenvalue weighted by Crippen LogP contribution is 2.12. The van der Waals surface area contributed by atoms with Crippen LogP contribution in [0.15, 0.2) is 35.4 Å². The zero-order valence-electron chi connectivity index (χ0n) is 13.4. The molecule has 2 heterocycles. The van der Waals surface area contributed by atoms with Gasteiger partial charge >= 0.3 is 0 Å². The molecule has 8 nitrogen and oxygen atoms in total. The van der Waals surface area contributed by atoms with E-state index >= 15 is 0 Å². The van der Waals surface area contributed by atoms with E-state index in [1.165, 1.54) is 12.1 Å². The summed E-state index contributed by atoms with van der Waals surface area (Å²) in [6.45, 7) is 5.60. The Kier molecular flexibility index (Phi) is 3.95. The lowest BCUT2D eigenvalue weighted by Crippen LogP contribution is -2.21. The van der Waals surface area contributed by atoms with E-state index in [4.69, 9.17) is 0 Å². The van der Waals surface area contributed by atoms with Gasteiger partial charge < -0.3 is 9.90 Å². The van der Waals surface area contributed by atoms with Gasteiger partial charge in [-0.15, -0.1) is 10.2 Å². The number of rotatable bonds is 4. The SMILES string of the molecule is C/C(=N\Nc1ccc(C(=O)[O-])cc1)c1nnc2cc(C)nn2c1C. The number of fused-ring (bicyclic) bond motifs is 1. The van der Waals surface area contributed by atoms with Crippen LogP contribution in [0.25, 0.3) is 5.65 Å². The molecule has 0 saturated heterocycles. The van der Waals surface area contributed by atoms with Crippen molar-refractivity contribution in [2.45, 2.75) is 20.8 Å². The van der Waals surface area contributed by atoms with E-state index in [9.17, 15) is 9.90 Å². The van der Waals surface area contributed by atoms with Gasteiger partial charge in [0.25, 0.3) is 0 Å². The van der Waals surface area contributed by atoms with Crippen LogP contribution in [0.2, 0.25) is 0 Å². The fraction of sp³-hybridized carbons (Fsp3) is 0.188. The Morgan fingerprint density at radius 3 is 2.58 bits per heavy atom. The minimum atomic E-state index is -1.21. The Labute approximate surface area is 137 Å². The topological polar surface area (TPSA) is 108 Å². The molecular formula is C16H15N6O2-. The highest BCUT2D eigenvalue weighted by Gasteiger charge is 2.11. The van der Waals surface area contributed by atoms with Crippen molar-refractivity contribution in [3.05, 3.63) is 53.0 Å². The number of hydrogen-bond acceptors (Lipinski definition) is 7. The first-order valence-corrected chi connectivity index (χ1v) is 7.27. The average molecular weight is 323 g/mol. The van der Waals surface area contributed by atoms with Gasteiger partial charge in [-0.3, -0.25) is 5.43 Å². The predicted octanol–water partition coefficient (Wildman–Crippen LogP) is 0.941. The molecular weight excluding hydrogens is 308 g/mol. The van der Waals surface area contributed by atoms with Crippen molar-refractivity contribution in [2.24, 2.45) is 5.10 Å². The van der Waals surface area contributed by atoms with E-state index in [0.717, 1.165) is 11.4 Å². The lowest BCUT2D eigenvalue weighted by Gasteiger charge is -2.07. The number of hydrogen-bond donors (Lipinski definition) is 1. The van der Waals surface area contributed by atoms with E-state index in [0.29, 0.717) is 22.7 Å². The number of carbonyl (C=O) groups is 1. The van der Waals surface area contributed by atoms with Crippen LogP contribution in [0.1, 0.15) is 34.4 Å². The monoisotopic (exact) mass is 323 g/mol. The Bertz CT molecular complexity index is 943. The van der Waals surface area contributed by atoms with Crippen LogP contribution in [0.5, 0.6) is 0 Å². The summed E-state index contributed by atoms with van der Waals surface area (Å²) in [5, 5.41) is 27.7. The molecule has 0 fully saturated rings. The summed E-state index contributed by atoms with van der Waals surface area (Å²) in [5.74, 6) is -1.21. The molecule has 24 heavy (non-hydrogen) atoms. The highest BCUT2D eigenvalue weighted by atomic mass is 16.4. The van der Waals surface area contributed by atoms with E-state index in [1.54, 1.807) is 16.6 Å². The second-order valence-corrected chi connectivity index (χ2v) is 5.36. The smallest absolute Gasteiger partial charge is 0.177 e. The molecule has 1 aromatic carbocycles. The third-order valence-corrected chi connectivity index (χ3v) is 3.54. The van der Waals surface area contributed by atoms with Crippen LogP contribution < -0.4 is 10.5 Å². The number of aryl methyl sites for hydroxylation is 2. The van der Waals surface area contributed by atoms with Gasteiger partial charge in [-0.05, 0) is 38.5 Å². The summed E-state index contributed by atoms with van der Waals surface area (Å²) in [5.41, 5.74) is 7.29. The van der Waals surface area contributed by atoms with Crippen LogP contribution in [0.4, 0.5) is 5.69 Å². The molecule has 0 unspecified atom stereocenters. The number of carboxylic acid groups (broad SMARTS) is 1. The third-order valence-electron chi connectivity index (χ3n) is 3.54. The molecule has 0 aliphatic heterocycles. The van der Waals surface area contributed by atoms with Gasteiger partial charge in [0.1, 0.15) is 5.69 Å². The van der Waals surface area contributed by atoms with Gasteiger partial charge in [-0.25, -0.2) is 4.52 Å². The van der Waals surface area contributed by atoms with Crippen molar-refractivity contribution in [3.63, 3.8) is 0 Å². The number of nitrogens with one attached hydrogen (secondary N) is 1. The van der Waals surface area contributed by atoms with Crippen molar-refractivity contribution in [1.29, 1.82) is 0 Å². The van der Waals surface area contributed by atoms with Crippen LogP contribution >= 0.6 is 0 Å². The first-order valence-electron chi connectivity index (χ1n) is 7.27. The second kappa shape index (κ2) is 6.07. The van der Waals surface area contributed by atoms with Gasteiger partial charge in [0.05, 0.1) is 28.8 Å². The maximum absolute atomic E-state index is 10.7. The van der Waals surface area contributed by atoms with E-state index in [1.807, 2.05) is 26.8 Å². The number of carboxylic acids is 1. The van der Waals surface area contributed by atoms with Gasteiger partial charge in [-0.2, -0.15) is 10.2 Å². The molecule has 0 amide bonds. The number of nitrogens with zero attached hydrogens (tertiary/aromatic N) is 5. The quantitative estimate of drug-likeness (QED) is 0.565. The summed E-state index contributed by atoms with van der Waals surface area (Å²) in [6, 6.07) is 7.98. The largest absolute Gasteiger partial charge is 0.545 e. The number of hydrazone groups is 1. The van der Waals surface area contributed by atoms with Crippen molar-refractivity contribution in [3.8, 4) is 0 Å². The third kappa shape index (κ3) is 2.94. The number of aromatic nitrogens is 4. The average Bonchev–Trinajstić information content (AvgIpc) is 2.95. The molecule has 0 aliphatic rings. The lowest BCUT2D eigenvalue weighted by atomic mass is 10.2. The summed E-state index contributed by atoms with van der Waals surface area (Å²) in [7, 11) is 0. The Balaban J connectivity index is 1.85. The summed E-state index contributed by atoms with van der Waals surface area (Å²) < 4.78 is 1.73. The van der Waals surface area contributed by atoms with Crippen LogP contribution in [0.3, 0.4) is 0 Å². The molecule has 3 rings (SSSR count). The first-order chi connectivity index (χ1) is 11.5. The van der Waals surface area contributed by atoms with Gasteiger partial charge in [0.15, 0.2) is 5.65 Å². The molecule has 2 aromatic heterocycles. The van der Waals surface area contributed by atoms with Crippen molar-refractivity contribution < 1.29 is 9.90 Å². The summed E-state index contributed by atoms with van der Waals surface area (Å²) in [6.07, 6.45) is 0. The molecule has 0 bridgehead atoms. The molecule has 0 saturated carbocycles. The number of benzene rings is 1. The van der Waals surface area contributed by atoms with Crippen LogP contribution in [0, 0.1) is 13.8 Å². The summed E-state index contributed by atoms with van der Waals surface area (Å²) in [4.78, 5) is 10.7. The molecule has 0 aliphatic carbocycles. The van der Waals surface area contributed by atoms with Gasteiger partial charge in [0.2, 0.25) is 0 Å². The van der Waals surface area contributed by atoms with E-state index < -0.39 is 5.97 Å². The maximum Gasteiger partial charge on any atom is 0.177 e. The standard InChI is InChI=1S/C16H16N6O2/c1-9-8-14-19-20-15(11(3)22(14)21-9)10(2)17-18-13-6-4-12(5-7-13)16(23)24/h4-8,18H,1-3H3,(H,23,24)/p-1/b17-10+. The Morgan fingerprint density at radius 2 is 1.92 bits per heavy atom. The molecule has 0 atom stereocenters. The fourth-order valence-electron chi connectivity index (χ4n) is 2.29. The molecule has 1 N–H and O–H groups in total. The van der Waals surface area contributed by atoms with Gasteiger partial charge in [-0.1, -0.05) is 12.1 Å². The zero-order valence-corrected chi connectivity index (χ0v) is 13.4. The minimum Gasteiger partial charge on any atom is -0.545 e. The zero-order chi connectivity index (χ0) is 17.3. The Morgan fingerprint density at radius 1 is 1.21 bits per heavy atom. The first kappa shape index (κ1) is 15.6.